The summed E-state index contributed by atoms with van der Waals surface area (Å²) in [6.45, 7) is 1.89. The quantitative estimate of drug-likeness (QED) is 0.694. The van der Waals surface area contributed by atoms with Gasteiger partial charge in [-0.3, -0.25) is 0 Å². The van der Waals surface area contributed by atoms with Crippen molar-refractivity contribution in [2.75, 3.05) is 0 Å². The zero-order valence-electron chi connectivity index (χ0n) is 7.53. The summed E-state index contributed by atoms with van der Waals surface area (Å²) in [5, 5.41) is 12.5. The van der Waals surface area contributed by atoms with Crippen LogP contribution in [0.4, 0.5) is 5.69 Å². The molecule has 0 radical (unpaired) electrons. The van der Waals surface area contributed by atoms with Crippen LogP contribution in [0.1, 0.15) is 11.1 Å². The van der Waals surface area contributed by atoms with Gasteiger partial charge < -0.3 is 4.98 Å². The lowest BCUT2D eigenvalue weighted by Crippen LogP contribution is -1.77. The Kier molecular flexibility index (Phi) is 1.79. The topological polar surface area (TPSA) is 69.0 Å². The van der Waals surface area contributed by atoms with Gasteiger partial charge in [-0.25, -0.2) is 0 Å². The van der Waals surface area contributed by atoms with Gasteiger partial charge in [0.1, 0.15) is 11.8 Å². The Balaban J connectivity index is 2.95. The standard InChI is InChI=1S/C10H7N3O/c1-6-2-3-8(13-14)10-9(6)7(4-11)5-12-10/h2-3,5,12H,1H3. The second-order valence-corrected chi connectivity index (χ2v) is 3.06. The molecule has 4 heteroatoms. The Morgan fingerprint density at radius 2 is 2.29 bits per heavy atom. The van der Waals surface area contributed by atoms with Crippen LogP contribution in [0.15, 0.2) is 23.5 Å². The van der Waals surface area contributed by atoms with Gasteiger partial charge in [0, 0.05) is 11.6 Å². The maximum Gasteiger partial charge on any atom is 0.132 e. The molecule has 0 fully saturated rings. The Bertz CT molecular complexity index is 548. The van der Waals surface area contributed by atoms with E-state index in [0.717, 1.165) is 10.9 Å². The average molecular weight is 185 g/mol. The first kappa shape index (κ1) is 8.45. The maximum atomic E-state index is 10.5. The van der Waals surface area contributed by atoms with E-state index < -0.39 is 0 Å². The van der Waals surface area contributed by atoms with Crippen LogP contribution in [0.25, 0.3) is 10.9 Å². The van der Waals surface area contributed by atoms with Gasteiger partial charge in [-0.15, -0.1) is 4.91 Å². The predicted molar refractivity (Wildman–Crippen MR) is 53.2 cm³/mol. The Labute approximate surface area is 80.1 Å². The Morgan fingerprint density at radius 3 is 2.93 bits per heavy atom. The van der Waals surface area contributed by atoms with Gasteiger partial charge in [-0.1, -0.05) is 6.07 Å². The minimum absolute atomic E-state index is 0.340. The SMILES string of the molecule is Cc1ccc(N=O)c2[nH]cc(C#N)c12. The number of aryl methyl sites for hydroxylation is 1. The summed E-state index contributed by atoms with van der Waals surface area (Å²) in [5.74, 6) is 0. The summed E-state index contributed by atoms with van der Waals surface area (Å²) >= 11 is 0. The number of aromatic nitrogens is 1. The molecule has 2 aromatic rings. The van der Waals surface area contributed by atoms with Crippen molar-refractivity contribution in [3.63, 3.8) is 0 Å². The van der Waals surface area contributed by atoms with Crippen LogP contribution >= 0.6 is 0 Å². The predicted octanol–water partition coefficient (Wildman–Crippen LogP) is 2.75. The molecular formula is C10H7N3O. The van der Waals surface area contributed by atoms with E-state index in [2.05, 4.69) is 16.2 Å². The monoisotopic (exact) mass is 185 g/mol. The minimum Gasteiger partial charge on any atom is -0.358 e. The highest BCUT2D eigenvalue weighted by Gasteiger charge is 2.09. The smallest absolute Gasteiger partial charge is 0.132 e. The largest absolute Gasteiger partial charge is 0.358 e. The number of aromatic amines is 1. The van der Waals surface area contributed by atoms with E-state index in [1.165, 1.54) is 0 Å². The highest BCUT2D eigenvalue weighted by atomic mass is 16.3. The van der Waals surface area contributed by atoms with E-state index in [1.54, 1.807) is 18.3 Å². The summed E-state index contributed by atoms with van der Waals surface area (Å²) in [6, 6.07) is 5.49. The molecule has 0 atom stereocenters. The highest BCUT2D eigenvalue weighted by molar-refractivity contribution is 5.96. The molecule has 0 aliphatic rings. The van der Waals surface area contributed by atoms with Crippen molar-refractivity contribution >= 4 is 16.6 Å². The summed E-state index contributed by atoms with van der Waals surface area (Å²) in [6.07, 6.45) is 1.59. The molecule has 0 spiro atoms. The summed E-state index contributed by atoms with van der Waals surface area (Å²) in [7, 11) is 0. The fourth-order valence-corrected chi connectivity index (χ4v) is 1.57. The van der Waals surface area contributed by atoms with Crippen molar-refractivity contribution in [3.05, 3.63) is 34.4 Å². The van der Waals surface area contributed by atoms with Crippen LogP contribution in [0.5, 0.6) is 0 Å². The molecule has 0 saturated heterocycles. The molecule has 14 heavy (non-hydrogen) atoms. The first-order chi connectivity index (χ1) is 6.77. The Hall–Kier alpha value is -2.15. The molecule has 0 amide bonds. The van der Waals surface area contributed by atoms with Gasteiger partial charge in [0.05, 0.1) is 11.1 Å². The number of benzene rings is 1. The molecule has 68 valence electrons. The van der Waals surface area contributed by atoms with E-state index in [0.29, 0.717) is 16.8 Å². The number of rotatable bonds is 1. The molecule has 1 N–H and O–H groups in total. The number of hydrogen-bond acceptors (Lipinski definition) is 3. The van der Waals surface area contributed by atoms with E-state index in [-0.39, 0.29) is 0 Å². The summed E-state index contributed by atoms with van der Waals surface area (Å²) in [5.41, 5.74) is 2.48. The summed E-state index contributed by atoms with van der Waals surface area (Å²) < 4.78 is 0. The lowest BCUT2D eigenvalue weighted by Gasteiger charge is -1.97. The zero-order valence-corrected chi connectivity index (χ0v) is 7.53. The van der Waals surface area contributed by atoms with Crippen molar-refractivity contribution in [2.45, 2.75) is 6.92 Å². The number of H-pyrrole nitrogens is 1. The average Bonchev–Trinajstić information content (AvgIpc) is 2.63. The van der Waals surface area contributed by atoms with Crippen LogP contribution in [-0.2, 0) is 0 Å². The van der Waals surface area contributed by atoms with E-state index in [4.69, 9.17) is 5.26 Å². The van der Waals surface area contributed by atoms with Gasteiger partial charge in [0.25, 0.3) is 0 Å². The molecule has 1 heterocycles. The molecule has 0 aliphatic carbocycles. The molecule has 0 saturated carbocycles. The molecule has 0 unspecified atom stereocenters. The van der Waals surface area contributed by atoms with Gasteiger partial charge in [0.15, 0.2) is 0 Å². The van der Waals surface area contributed by atoms with Gasteiger partial charge in [-0.2, -0.15) is 5.26 Å². The molecule has 0 bridgehead atoms. The maximum absolute atomic E-state index is 10.5. The van der Waals surface area contributed by atoms with Gasteiger partial charge >= 0.3 is 0 Å². The number of hydrogen-bond donors (Lipinski definition) is 1. The van der Waals surface area contributed by atoms with E-state index in [9.17, 15) is 4.91 Å². The second-order valence-electron chi connectivity index (χ2n) is 3.06. The third-order valence-electron chi connectivity index (χ3n) is 2.24. The van der Waals surface area contributed by atoms with Crippen LogP contribution < -0.4 is 0 Å². The Morgan fingerprint density at radius 1 is 1.50 bits per heavy atom. The normalized spacial score (nSPS) is 10.0. The molecule has 4 nitrogen and oxygen atoms in total. The molecular weight excluding hydrogens is 178 g/mol. The van der Waals surface area contributed by atoms with Crippen molar-refractivity contribution in [1.82, 2.24) is 4.98 Å². The van der Waals surface area contributed by atoms with Crippen LogP contribution in [0.2, 0.25) is 0 Å². The number of nitrogens with zero attached hydrogens (tertiary/aromatic N) is 2. The molecule has 1 aromatic carbocycles. The third kappa shape index (κ3) is 0.995. The van der Waals surface area contributed by atoms with Crippen molar-refractivity contribution in [1.29, 1.82) is 5.26 Å². The zero-order chi connectivity index (χ0) is 10.1. The summed E-state index contributed by atoms with van der Waals surface area (Å²) in [4.78, 5) is 13.4. The van der Waals surface area contributed by atoms with Crippen LogP contribution in [0, 0.1) is 23.2 Å². The fourth-order valence-electron chi connectivity index (χ4n) is 1.57. The van der Waals surface area contributed by atoms with Crippen molar-refractivity contribution in [2.24, 2.45) is 5.18 Å². The van der Waals surface area contributed by atoms with Crippen molar-refractivity contribution in [3.8, 4) is 6.07 Å². The molecule has 0 aliphatic heterocycles. The van der Waals surface area contributed by atoms with Crippen molar-refractivity contribution < 1.29 is 0 Å². The van der Waals surface area contributed by atoms with Crippen LogP contribution in [-0.4, -0.2) is 4.98 Å². The lowest BCUT2D eigenvalue weighted by molar-refractivity contribution is 1.42. The molecule has 2 rings (SSSR count). The highest BCUT2D eigenvalue weighted by Crippen LogP contribution is 2.29. The third-order valence-corrected chi connectivity index (χ3v) is 2.24. The first-order valence-electron chi connectivity index (χ1n) is 4.12. The second kappa shape index (κ2) is 2.96. The first-order valence-corrected chi connectivity index (χ1v) is 4.12. The van der Waals surface area contributed by atoms with Gasteiger partial charge in [0.2, 0.25) is 0 Å². The number of nitrogens with one attached hydrogen (secondary N) is 1. The van der Waals surface area contributed by atoms with E-state index >= 15 is 0 Å². The minimum atomic E-state index is 0.340. The lowest BCUT2D eigenvalue weighted by atomic mass is 10.1. The molecule has 1 aromatic heterocycles. The fraction of sp³-hybridized carbons (Fsp3) is 0.100. The number of fused-ring (bicyclic) bond motifs is 1. The number of nitriles is 1. The van der Waals surface area contributed by atoms with E-state index in [1.807, 2.05) is 6.92 Å². The number of nitroso groups, excluding NO2 is 1. The van der Waals surface area contributed by atoms with Gasteiger partial charge in [-0.05, 0) is 23.7 Å². The van der Waals surface area contributed by atoms with Crippen LogP contribution in [0.3, 0.4) is 0 Å².